The van der Waals surface area contributed by atoms with E-state index in [0.29, 0.717) is 6.04 Å². The van der Waals surface area contributed by atoms with Gasteiger partial charge >= 0.3 is 0 Å². The molecule has 0 bridgehead atoms. The fourth-order valence-electron chi connectivity index (χ4n) is 3.53. The third-order valence-corrected chi connectivity index (χ3v) is 5.17. The lowest BCUT2D eigenvalue weighted by Gasteiger charge is -2.43. The van der Waals surface area contributed by atoms with E-state index in [1.807, 2.05) is 6.20 Å². The van der Waals surface area contributed by atoms with Gasteiger partial charge in [0.05, 0.1) is 11.7 Å². The van der Waals surface area contributed by atoms with Crippen molar-refractivity contribution in [3.63, 3.8) is 0 Å². The van der Waals surface area contributed by atoms with Gasteiger partial charge in [-0.15, -0.1) is 0 Å². The normalized spacial score (nSPS) is 23.9. The van der Waals surface area contributed by atoms with Crippen LogP contribution in [0.5, 0.6) is 0 Å². The third-order valence-electron chi connectivity index (χ3n) is 5.17. The van der Waals surface area contributed by atoms with Crippen molar-refractivity contribution in [1.82, 2.24) is 19.6 Å². The Labute approximate surface area is 122 Å². The van der Waals surface area contributed by atoms with Crippen LogP contribution in [-0.2, 0) is 6.54 Å². The monoisotopic (exact) mass is 276 g/mol. The molecule has 20 heavy (non-hydrogen) atoms. The Kier molecular flexibility index (Phi) is 4.41. The van der Waals surface area contributed by atoms with Crippen LogP contribution in [0.25, 0.3) is 0 Å². The summed E-state index contributed by atoms with van der Waals surface area (Å²) in [4.78, 5) is 5.22. The van der Waals surface area contributed by atoms with E-state index in [0.717, 1.165) is 25.7 Å². The summed E-state index contributed by atoms with van der Waals surface area (Å²) in [6.45, 7) is 10.3. The van der Waals surface area contributed by atoms with Crippen molar-refractivity contribution in [2.45, 2.75) is 58.2 Å². The second-order valence-electron chi connectivity index (χ2n) is 6.25. The molecule has 1 atom stereocenters. The lowest BCUT2D eigenvalue weighted by molar-refractivity contribution is 0.0698. The van der Waals surface area contributed by atoms with Crippen molar-refractivity contribution in [2.24, 2.45) is 0 Å². The van der Waals surface area contributed by atoms with Gasteiger partial charge in [0.1, 0.15) is 0 Å². The molecule has 2 aliphatic rings. The number of fused-ring (bicyclic) bond motifs is 1. The first-order valence-electron chi connectivity index (χ1n) is 8.30. The molecule has 4 heteroatoms. The molecule has 0 aromatic carbocycles. The molecule has 0 unspecified atom stereocenters. The Bertz CT molecular complexity index is 420. The lowest BCUT2D eigenvalue weighted by atomic mass is 9.90. The highest BCUT2D eigenvalue weighted by Crippen LogP contribution is 2.31. The zero-order chi connectivity index (χ0) is 13.9. The Balaban J connectivity index is 1.66. The molecule has 1 aliphatic carbocycles. The van der Waals surface area contributed by atoms with Gasteiger partial charge in [-0.25, -0.2) is 0 Å². The van der Waals surface area contributed by atoms with E-state index in [2.05, 4.69) is 39.5 Å². The minimum Gasteiger partial charge on any atom is -0.304 e. The summed E-state index contributed by atoms with van der Waals surface area (Å²) in [5.74, 6) is 0. The zero-order valence-corrected chi connectivity index (χ0v) is 13.0. The SMILES string of the molecule is CCN(CC)CC[C@@H]1CN(C2CCC2)Cc2ccnn21. The van der Waals surface area contributed by atoms with E-state index < -0.39 is 0 Å². The van der Waals surface area contributed by atoms with Crippen molar-refractivity contribution in [1.29, 1.82) is 0 Å². The van der Waals surface area contributed by atoms with Gasteiger partial charge in [0.15, 0.2) is 0 Å². The summed E-state index contributed by atoms with van der Waals surface area (Å²) in [6.07, 6.45) is 7.42. The summed E-state index contributed by atoms with van der Waals surface area (Å²) in [5.41, 5.74) is 1.41. The first-order chi connectivity index (χ1) is 9.81. The van der Waals surface area contributed by atoms with Crippen LogP contribution in [0.2, 0.25) is 0 Å². The quantitative estimate of drug-likeness (QED) is 0.798. The molecule has 4 nitrogen and oxygen atoms in total. The summed E-state index contributed by atoms with van der Waals surface area (Å²) in [7, 11) is 0. The minimum atomic E-state index is 0.565. The maximum absolute atomic E-state index is 4.58. The first-order valence-corrected chi connectivity index (χ1v) is 8.30. The van der Waals surface area contributed by atoms with Crippen LogP contribution < -0.4 is 0 Å². The molecule has 0 amide bonds. The highest BCUT2D eigenvalue weighted by molar-refractivity contribution is 5.06. The molecule has 0 saturated heterocycles. The number of rotatable bonds is 6. The van der Waals surface area contributed by atoms with Gasteiger partial charge in [-0.1, -0.05) is 20.3 Å². The molecule has 1 aliphatic heterocycles. The topological polar surface area (TPSA) is 24.3 Å². The van der Waals surface area contributed by atoms with Crippen LogP contribution in [0.15, 0.2) is 12.3 Å². The molecule has 1 saturated carbocycles. The maximum atomic E-state index is 4.58. The summed E-state index contributed by atoms with van der Waals surface area (Å²) in [5, 5.41) is 4.58. The zero-order valence-electron chi connectivity index (χ0n) is 13.0. The lowest BCUT2D eigenvalue weighted by Crippen LogP contribution is -2.47. The van der Waals surface area contributed by atoms with Gasteiger partial charge in [-0.3, -0.25) is 9.58 Å². The van der Waals surface area contributed by atoms with Gasteiger partial charge in [0, 0.05) is 31.9 Å². The van der Waals surface area contributed by atoms with Crippen molar-refractivity contribution in [3.05, 3.63) is 18.0 Å². The van der Waals surface area contributed by atoms with Crippen molar-refractivity contribution < 1.29 is 0 Å². The molecule has 0 N–H and O–H groups in total. The highest BCUT2D eigenvalue weighted by Gasteiger charge is 2.32. The summed E-state index contributed by atoms with van der Waals surface area (Å²) >= 11 is 0. The molecule has 0 spiro atoms. The molecular weight excluding hydrogens is 248 g/mol. The predicted octanol–water partition coefficient (Wildman–Crippen LogP) is 2.52. The van der Waals surface area contributed by atoms with Gasteiger partial charge in [-0.05, 0) is 38.4 Å². The summed E-state index contributed by atoms with van der Waals surface area (Å²) < 4.78 is 2.29. The van der Waals surface area contributed by atoms with Crippen LogP contribution in [-0.4, -0.2) is 51.8 Å². The number of hydrogen-bond acceptors (Lipinski definition) is 3. The van der Waals surface area contributed by atoms with Crippen LogP contribution in [0.1, 0.15) is 51.3 Å². The number of hydrogen-bond donors (Lipinski definition) is 0. The van der Waals surface area contributed by atoms with Gasteiger partial charge < -0.3 is 4.90 Å². The molecule has 1 aromatic rings. The van der Waals surface area contributed by atoms with Gasteiger partial charge in [0.25, 0.3) is 0 Å². The fourth-order valence-corrected chi connectivity index (χ4v) is 3.53. The van der Waals surface area contributed by atoms with E-state index in [9.17, 15) is 0 Å². The molecule has 3 rings (SSSR count). The molecule has 112 valence electrons. The Hall–Kier alpha value is -0.870. The average Bonchev–Trinajstić information content (AvgIpc) is 2.86. The van der Waals surface area contributed by atoms with E-state index in [1.165, 1.54) is 44.5 Å². The molecule has 1 fully saturated rings. The van der Waals surface area contributed by atoms with Crippen molar-refractivity contribution in [3.8, 4) is 0 Å². The fraction of sp³-hybridized carbons (Fsp3) is 0.812. The Morgan fingerprint density at radius 2 is 2.10 bits per heavy atom. The van der Waals surface area contributed by atoms with E-state index in [1.54, 1.807) is 0 Å². The van der Waals surface area contributed by atoms with E-state index >= 15 is 0 Å². The predicted molar refractivity (Wildman–Crippen MR) is 81.7 cm³/mol. The Morgan fingerprint density at radius 3 is 2.75 bits per heavy atom. The van der Waals surface area contributed by atoms with Gasteiger partial charge in [-0.2, -0.15) is 5.10 Å². The number of nitrogens with zero attached hydrogens (tertiary/aromatic N) is 4. The average molecular weight is 276 g/mol. The van der Waals surface area contributed by atoms with Gasteiger partial charge in [0.2, 0.25) is 0 Å². The number of aromatic nitrogens is 2. The molecule has 2 heterocycles. The smallest absolute Gasteiger partial charge is 0.0662 e. The molecule has 1 aromatic heterocycles. The standard InChI is InChI=1S/C16H28N4/c1-3-18(4-2)11-9-16-13-19(14-6-5-7-14)12-15-8-10-17-20(15)16/h8,10,14,16H,3-7,9,11-13H2,1-2H3/t16-/m1/s1. The first kappa shape index (κ1) is 14.1. The Morgan fingerprint density at radius 1 is 1.30 bits per heavy atom. The second kappa shape index (κ2) is 6.27. The summed E-state index contributed by atoms with van der Waals surface area (Å²) in [6, 6.07) is 3.61. The van der Waals surface area contributed by atoms with Crippen LogP contribution in [0, 0.1) is 0 Å². The van der Waals surface area contributed by atoms with E-state index in [-0.39, 0.29) is 0 Å². The minimum absolute atomic E-state index is 0.565. The van der Waals surface area contributed by atoms with Crippen LogP contribution in [0.3, 0.4) is 0 Å². The van der Waals surface area contributed by atoms with E-state index in [4.69, 9.17) is 0 Å². The maximum Gasteiger partial charge on any atom is 0.0662 e. The van der Waals surface area contributed by atoms with Crippen LogP contribution >= 0.6 is 0 Å². The third kappa shape index (κ3) is 2.77. The van der Waals surface area contributed by atoms with Crippen molar-refractivity contribution >= 4 is 0 Å². The molecule has 0 radical (unpaired) electrons. The largest absolute Gasteiger partial charge is 0.304 e. The van der Waals surface area contributed by atoms with Crippen LogP contribution in [0.4, 0.5) is 0 Å². The second-order valence-corrected chi connectivity index (χ2v) is 6.25. The molecular formula is C16H28N4. The highest BCUT2D eigenvalue weighted by atomic mass is 15.4. The van der Waals surface area contributed by atoms with Crippen molar-refractivity contribution in [2.75, 3.05) is 26.2 Å².